The van der Waals surface area contributed by atoms with Gasteiger partial charge in [0.2, 0.25) is 5.43 Å². The van der Waals surface area contributed by atoms with Crippen LogP contribution in [0.5, 0.6) is 0 Å². The van der Waals surface area contributed by atoms with Crippen molar-refractivity contribution < 1.29 is 27.1 Å². The lowest BCUT2D eigenvalue weighted by atomic mass is 9.96. The van der Waals surface area contributed by atoms with Gasteiger partial charge in [0.15, 0.2) is 0 Å². The third-order valence-electron chi connectivity index (χ3n) is 3.61. The van der Waals surface area contributed by atoms with Crippen molar-refractivity contribution in [2.45, 2.75) is 40.4 Å². The molecule has 1 aromatic heterocycles. The summed E-state index contributed by atoms with van der Waals surface area (Å²) >= 11 is 0. The van der Waals surface area contributed by atoms with Crippen molar-refractivity contribution in [2.75, 3.05) is 6.61 Å². The second kappa shape index (κ2) is 6.74. The molecule has 0 amide bonds. The number of nitrogens with zero attached hydrogens (tertiary/aromatic N) is 1. The molecule has 0 fully saturated rings. The summed E-state index contributed by atoms with van der Waals surface area (Å²) in [5.74, 6) is -2.47. The van der Waals surface area contributed by atoms with Gasteiger partial charge in [-0.25, -0.2) is 9.18 Å². The highest BCUT2D eigenvalue weighted by Crippen LogP contribution is 2.34. The van der Waals surface area contributed by atoms with Crippen LogP contribution in [0.15, 0.2) is 23.1 Å². The fourth-order valence-corrected chi connectivity index (χ4v) is 2.62. The van der Waals surface area contributed by atoms with Crippen LogP contribution in [0.4, 0.5) is 17.6 Å². The minimum Gasteiger partial charge on any atom is -0.462 e. The molecule has 26 heavy (non-hydrogen) atoms. The molecule has 0 unspecified atom stereocenters. The number of rotatable bonds is 3. The number of hydrogen-bond donors (Lipinski definition) is 0. The standard InChI is InChI=1S/C18H19F4NO3/c1-5-26-16(25)11-8-23(9-17(2,3)4)14-7-12(18(20,21)22)13(19)6-10(14)15(11)24/h6-8H,5,9H2,1-4H3. The van der Waals surface area contributed by atoms with Gasteiger partial charge >= 0.3 is 12.1 Å². The van der Waals surface area contributed by atoms with Gasteiger partial charge in [-0.05, 0) is 24.5 Å². The largest absolute Gasteiger partial charge is 0.462 e. The van der Waals surface area contributed by atoms with Crippen molar-refractivity contribution >= 4 is 16.9 Å². The number of ether oxygens (including phenoxy) is 1. The second-order valence-corrected chi connectivity index (χ2v) is 7.13. The van der Waals surface area contributed by atoms with Gasteiger partial charge < -0.3 is 9.30 Å². The fourth-order valence-electron chi connectivity index (χ4n) is 2.62. The summed E-state index contributed by atoms with van der Waals surface area (Å²) in [6.45, 7) is 7.32. The number of esters is 1. The van der Waals surface area contributed by atoms with E-state index in [4.69, 9.17) is 4.74 Å². The maximum Gasteiger partial charge on any atom is 0.419 e. The fraction of sp³-hybridized carbons (Fsp3) is 0.444. The smallest absolute Gasteiger partial charge is 0.419 e. The van der Waals surface area contributed by atoms with Crippen molar-refractivity contribution in [2.24, 2.45) is 5.41 Å². The first kappa shape index (κ1) is 19.9. The molecular weight excluding hydrogens is 354 g/mol. The molecule has 0 saturated heterocycles. The lowest BCUT2D eigenvalue weighted by Crippen LogP contribution is -2.24. The Labute approximate surface area is 147 Å². The average molecular weight is 373 g/mol. The Morgan fingerprint density at radius 2 is 1.81 bits per heavy atom. The van der Waals surface area contributed by atoms with Crippen molar-refractivity contribution in [3.63, 3.8) is 0 Å². The first-order valence-electron chi connectivity index (χ1n) is 7.96. The van der Waals surface area contributed by atoms with Crippen LogP contribution in [0.1, 0.15) is 43.6 Å². The third kappa shape index (κ3) is 4.05. The van der Waals surface area contributed by atoms with Crippen molar-refractivity contribution in [3.05, 3.63) is 45.5 Å². The van der Waals surface area contributed by atoms with E-state index < -0.39 is 29.0 Å². The summed E-state index contributed by atoms with van der Waals surface area (Å²) in [6.07, 6.45) is -3.73. The van der Waals surface area contributed by atoms with Gasteiger partial charge in [-0.1, -0.05) is 20.8 Å². The number of carbonyl (C=O) groups excluding carboxylic acids is 1. The number of halogens is 4. The third-order valence-corrected chi connectivity index (χ3v) is 3.61. The predicted molar refractivity (Wildman–Crippen MR) is 88.6 cm³/mol. The van der Waals surface area contributed by atoms with Crippen molar-refractivity contribution in [3.8, 4) is 0 Å². The normalized spacial score (nSPS) is 12.5. The summed E-state index contributed by atoms with van der Waals surface area (Å²) in [5.41, 5.74) is -3.14. The summed E-state index contributed by atoms with van der Waals surface area (Å²) in [4.78, 5) is 24.5. The van der Waals surface area contributed by atoms with Crippen molar-refractivity contribution in [1.82, 2.24) is 4.57 Å². The maximum atomic E-state index is 14.0. The monoisotopic (exact) mass is 373 g/mol. The van der Waals surface area contributed by atoms with Gasteiger partial charge in [-0.2, -0.15) is 13.2 Å². The van der Waals surface area contributed by atoms with E-state index in [1.165, 1.54) is 10.8 Å². The zero-order valence-electron chi connectivity index (χ0n) is 14.8. The Hall–Kier alpha value is -2.38. The van der Waals surface area contributed by atoms with Gasteiger partial charge in [0.05, 0.1) is 17.7 Å². The maximum absolute atomic E-state index is 14.0. The molecule has 4 nitrogen and oxygen atoms in total. The number of benzene rings is 1. The van der Waals surface area contributed by atoms with Gasteiger partial charge in [0, 0.05) is 18.1 Å². The molecule has 142 valence electrons. The molecule has 0 aliphatic carbocycles. The molecule has 2 rings (SSSR count). The van der Waals surface area contributed by atoms with E-state index in [1.54, 1.807) is 6.92 Å². The first-order chi connectivity index (χ1) is 11.8. The van der Waals surface area contributed by atoms with Gasteiger partial charge in [0.25, 0.3) is 0 Å². The summed E-state index contributed by atoms with van der Waals surface area (Å²) in [5, 5.41) is -0.301. The van der Waals surface area contributed by atoms with Crippen LogP contribution in [0, 0.1) is 11.2 Å². The Bertz CT molecular complexity index is 908. The van der Waals surface area contributed by atoms with E-state index in [0.29, 0.717) is 12.1 Å². The number of aromatic nitrogens is 1. The lowest BCUT2D eigenvalue weighted by molar-refractivity contribution is -0.139. The quantitative estimate of drug-likeness (QED) is 0.593. The Morgan fingerprint density at radius 1 is 1.19 bits per heavy atom. The second-order valence-electron chi connectivity index (χ2n) is 7.13. The predicted octanol–water partition coefficient (Wildman–Crippen LogP) is 4.38. The number of hydrogen-bond acceptors (Lipinski definition) is 3. The minimum atomic E-state index is -4.90. The number of pyridine rings is 1. The molecule has 8 heteroatoms. The Morgan fingerprint density at radius 3 is 2.31 bits per heavy atom. The highest BCUT2D eigenvalue weighted by atomic mass is 19.4. The highest BCUT2D eigenvalue weighted by molar-refractivity contribution is 5.94. The molecule has 0 saturated carbocycles. The molecule has 0 spiro atoms. The van der Waals surface area contributed by atoms with Crippen LogP contribution >= 0.6 is 0 Å². The van der Waals surface area contributed by atoms with E-state index in [9.17, 15) is 27.2 Å². The zero-order valence-corrected chi connectivity index (χ0v) is 14.8. The van der Waals surface area contributed by atoms with E-state index in [1.807, 2.05) is 20.8 Å². The van der Waals surface area contributed by atoms with Crippen LogP contribution in [-0.2, 0) is 17.5 Å². The van der Waals surface area contributed by atoms with Gasteiger partial charge in [0.1, 0.15) is 11.4 Å². The number of carbonyl (C=O) groups is 1. The Kier molecular flexibility index (Phi) is 5.17. The molecule has 0 N–H and O–H groups in total. The van der Waals surface area contributed by atoms with Crippen LogP contribution in [-0.4, -0.2) is 17.1 Å². The van der Waals surface area contributed by atoms with Gasteiger partial charge in [-0.15, -0.1) is 0 Å². The molecule has 2 aromatic rings. The highest BCUT2D eigenvalue weighted by Gasteiger charge is 2.35. The van der Waals surface area contributed by atoms with Crippen molar-refractivity contribution in [1.29, 1.82) is 0 Å². The van der Waals surface area contributed by atoms with E-state index in [-0.39, 0.29) is 35.0 Å². The lowest BCUT2D eigenvalue weighted by Gasteiger charge is -2.23. The topological polar surface area (TPSA) is 48.3 Å². The molecule has 0 atom stereocenters. The molecule has 0 radical (unpaired) electrons. The molecule has 0 bridgehead atoms. The zero-order chi connectivity index (χ0) is 19.9. The SMILES string of the molecule is CCOC(=O)c1cn(CC(C)(C)C)c2cc(C(F)(F)F)c(F)cc2c1=O. The number of alkyl halides is 3. The Balaban J connectivity index is 2.87. The van der Waals surface area contributed by atoms with E-state index >= 15 is 0 Å². The van der Waals surface area contributed by atoms with Crippen LogP contribution in [0.3, 0.4) is 0 Å². The van der Waals surface area contributed by atoms with Gasteiger partial charge in [-0.3, -0.25) is 4.79 Å². The van der Waals surface area contributed by atoms with Crippen LogP contribution < -0.4 is 5.43 Å². The van der Waals surface area contributed by atoms with E-state index in [2.05, 4.69) is 0 Å². The molecule has 0 aliphatic heterocycles. The molecular formula is C18H19F4NO3. The number of fused-ring (bicyclic) bond motifs is 1. The first-order valence-corrected chi connectivity index (χ1v) is 7.96. The molecule has 1 aromatic carbocycles. The van der Waals surface area contributed by atoms with Crippen LogP contribution in [0.2, 0.25) is 0 Å². The average Bonchev–Trinajstić information content (AvgIpc) is 2.47. The summed E-state index contributed by atoms with van der Waals surface area (Å²) in [7, 11) is 0. The summed E-state index contributed by atoms with van der Waals surface area (Å²) < 4.78 is 59.3. The van der Waals surface area contributed by atoms with Crippen LogP contribution in [0.25, 0.3) is 10.9 Å². The summed E-state index contributed by atoms with van der Waals surface area (Å²) in [6, 6.07) is 1.13. The molecule has 0 aliphatic rings. The minimum absolute atomic E-state index is 0.0248. The molecule has 1 heterocycles. The van der Waals surface area contributed by atoms with E-state index in [0.717, 1.165) is 0 Å².